The van der Waals surface area contributed by atoms with E-state index in [4.69, 9.17) is 11.6 Å². The standard InChI is InChI=1S/C10H14ClN3/c1-8-5-10(13-12-7-8)14-4-2-3-9(14)6-11/h5,7,9H,2-4,6H2,1H3. The first-order valence-electron chi connectivity index (χ1n) is 4.93. The van der Waals surface area contributed by atoms with Crippen LogP contribution in [0.1, 0.15) is 18.4 Å². The molecule has 0 aromatic carbocycles. The molecule has 1 aromatic rings. The van der Waals surface area contributed by atoms with Crippen molar-refractivity contribution < 1.29 is 0 Å². The van der Waals surface area contributed by atoms with E-state index in [1.54, 1.807) is 6.20 Å². The van der Waals surface area contributed by atoms with Gasteiger partial charge in [-0.1, -0.05) is 0 Å². The first-order valence-corrected chi connectivity index (χ1v) is 5.46. The van der Waals surface area contributed by atoms with Crippen molar-refractivity contribution in [2.45, 2.75) is 25.8 Å². The molecule has 1 atom stereocenters. The van der Waals surface area contributed by atoms with Gasteiger partial charge in [0.15, 0.2) is 5.82 Å². The highest BCUT2D eigenvalue weighted by atomic mass is 35.5. The molecule has 1 aliphatic rings. The van der Waals surface area contributed by atoms with E-state index in [0.29, 0.717) is 11.9 Å². The van der Waals surface area contributed by atoms with Gasteiger partial charge in [-0.15, -0.1) is 16.7 Å². The summed E-state index contributed by atoms with van der Waals surface area (Å²) in [5.74, 6) is 1.64. The van der Waals surface area contributed by atoms with Crippen LogP contribution in [0.4, 0.5) is 5.82 Å². The summed E-state index contributed by atoms with van der Waals surface area (Å²) in [5, 5.41) is 8.10. The fraction of sp³-hybridized carbons (Fsp3) is 0.600. The maximum absolute atomic E-state index is 5.90. The van der Waals surface area contributed by atoms with E-state index in [1.807, 2.05) is 6.92 Å². The highest BCUT2D eigenvalue weighted by molar-refractivity contribution is 6.18. The Morgan fingerprint density at radius 3 is 3.21 bits per heavy atom. The lowest BCUT2D eigenvalue weighted by Gasteiger charge is -2.23. The predicted octanol–water partition coefficient (Wildman–Crippen LogP) is 1.99. The Labute approximate surface area is 89.1 Å². The van der Waals surface area contributed by atoms with Crippen LogP contribution in [-0.2, 0) is 0 Å². The third-order valence-corrected chi connectivity index (χ3v) is 2.98. The fourth-order valence-electron chi connectivity index (χ4n) is 1.89. The summed E-state index contributed by atoms with van der Waals surface area (Å²) >= 11 is 5.90. The Balaban J connectivity index is 2.21. The molecule has 76 valence electrons. The Morgan fingerprint density at radius 1 is 1.64 bits per heavy atom. The molecule has 0 amide bonds. The zero-order chi connectivity index (χ0) is 9.97. The van der Waals surface area contributed by atoms with Gasteiger partial charge in [0.1, 0.15) is 0 Å². The smallest absolute Gasteiger partial charge is 0.151 e. The lowest BCUT2D eigenvalue weighted by molar-refractivity contribution is 0.726. The average molecular weight is 212 g/mol. The third-order valence-electron chi connectivity index (χ3n) is 2.63. The Morgan fingerprint density at radius 2 is 2.50 bits per heavy atom. The number of nitrogens with zero attached hydrogens (tertiary/aromatic N) is 3. The summed E-state index contributed by atoms with van der Waals surface area (Å²) in [7, 11) is 0. The molecule has 0 spiro atoms. The molecule has 0 radical (unpaired) electrons. The van der Waals surface area contributed by atoms with E-state index < -0.39 is 0 Å². The number of aryl methyl sites for hydroxylation is 1. The summed E-state index contributed by atoms with van der Waals surface area (Å²) in [6.45, 7) is 3.08. The number of anilines is 1. The molecule has 2 heterocycles. The molecule has 4 heteroatoms. The summed E-state index contributed by atoms with van der Waals surface area (Å²) < 4.78 is 0. The first-order chi connectivity index (χ1) is 6.81. The molecule has 1 saturated heterocycles. The van der Waals surface area contributed by atoms with Gasteiger partial charge in [-0.25, -0.2) is 0 Å². The van der Waals surface area contributed by atoms with Crippen molar-refractivity contribution >= 4 is 17.4 Å². The molecule has 1 fully saturated rings. The molecule has 0 N–H and O–H groups in total. The number of halogens is 1. The second-order valence-electron chi connectivity index (χ2n) is 3.73. The van der Waals surface area contributed by atoms with E-state index in [1.165, 1.54) is 12.8 Å². The highest BCUT2D eigenvalue weighted by Gasteiger charge is 2.24. The van der Waals surface area contributed by atoms with Crippen molar-refractivity contribution in [3.63, 3.8) is 0 Å². The summed E-state index contributed by atoms with van der Waals surface area (Å²) in [6.07, 6.45) is 4.14. The van der Waals surface area contributed by atoms with Gasteiger partial charge in [-0.2, -0.15) is 5.10 Å². The molecule has 1 aromatic heterocycles. The summed E-state index contributed by atoms with van der Waals surface area (Å²) in [4.78, 5) is 2.26. The summed E-state index contributed by atoms with van der Waals surface area (Å²) in [5.41, 5.74) is 1.15. The van der Waals surface area contributed by atoms with Gasteiger partial charge in [-0.3, -0.25) is 0 Å². The molecule has 0 saturated carbocycles. The molecule has 1 aliphatic heterocycles. The van der Waals surface area contributed by atoms with Crippen LogP contribution in [0.5, 0.6) is 0 Å². The van der Waals surface area contributed by atoms with Gasteiger partial charge in [0, 0.05) is 18.5 Å². The van der Waals surface area contributed by atoms with E-state index in [0.717, 1.165) is 17.9 Å². The van der Waals surface area contributed by atoms with Crippen LogP contribution in [0.15, 0.2) is 12.3 Å². The Bertz CT molecular complexity index is 316. The van der Waals surface area contributed by atoms with Crippen LogP contribution in [0.3, 0.4) is 0 Å². The van der Waals surface area contributed by atoms with Gasteiger partial charge in [-0.05, 0) is 31.4 Å². The van der Waals surface area contributed by atoms with Crippen LogP contribution >= 0.6 is 11.6 Å². The van der Waals surface area contributed by atoms with Crippen LogP contribution in [0, 0.1) is 6.92 Å². The second-order valence-corrected chi connectivity index (χ2v) is 4.04. The number of alkyl halides is 1. The Kier molecular flexibility index (Phi) is 2.87. The van der Waals surface area contributed by atoms with Crippen molar-refractivity contribution in [1.82, 2.24) is 10.2 Å². The second kappa shape index (κ2) is 4.13. The monoisotopic (exact) mass is 211 g/mol. The zero-order valence-corrected chi connectivity index (χ0v) is 9.04. The zero-order valence-electron chi connectivity index (χ0n) is 8.28. The van der Waals surface area contributed by atoms with Crippen LogP contribution < -0.4 is 4.90 Å². The normalized spacial score (nSPS) is 21.6. The molecule has 1 unspecified atom stereocenters. The molecule has 14 heavy (non-hydrogen) atoms. The molecular formula is C10H14ClN3. The minimum absolute atomic E-state index is 0.438. The van der Waals surface area contributed by atoms with Crippen molar-refractivity contribution in [2.75, 3.05) is 17.3 Å². The SMILES string of the molecule is Cc1cnnc(N2CCCC2CCl)c1. The van der Waals surface area contributed by atoms with Crippen molar-refractivity contribution in [1.29, 1.82) is 0 Å². The van der Waals surface area contributed by atoms with Gasteiger partial charge >= 0.3 is 0 Å². The molecule has 0 aliphatic carbocycles. The topological polar surface area (TPSA) is 29.0 Å². The molecule has 0 bridgehead atoms. The third kappa shape index (κ3) is 1.82. The van der Waals surface area contributed by atoms with E-state index >= 15 is 0 Å². The fourth-order valence-corrected chi connectivity index (χ4v) is 2.21. The highest BCUT2D eigenvalue weighted by Crippen LogP contribution is 2.24. The maximum atomic E-state index is 5.90. The van der Waals surface area contributed by atoms with Gasteiger partial charge in [0.05, 0.1) is 6.20 Å². The predicted molar refractivity (Wildman–Crippen MR) is 57.9 cm³/mol. The van der Waals surface area contributed by atoms with Gasteiger partial charge < -0.3 is 4.90 Å². The lowest BCUT2D eigenvalue weighted by Crippen LogP contribution is -2.31. The molecule has 3 nitrogen and oxygen atoms in total. The van der Waals surface area contributed by atoms with E-state index in [-0.39, 0.29) is 0 Å². The van der Waals surface area contributed by atoms with Crippen LogP contribution in [-0.4, -0.2) is 28.7 Å². The average Bonchev–Trinajstić information content (AvgIpc) is 2.65. The van der Waals surface area contributed by atoms with Crippen LogP contribution in [0.25, 0.3) is 0 Å². The largest absolute Gasteiger partial charge is 0.351 e. The number of rotatable bonds is 2. The summed E-state index contributed by atoms with van der Waals surface area (Å²) in [6, 6.07) is 2.51. The molecular weight excluding hydrogens is 198 g/mol. The van der Waals surface area contributed by atoms with Crippen molar-refractivity contribution in [3.05, 3.63) is 17.8 Å². The number of hydrogen-bond donors (Lipinski definition) is 0. The minimum atomic E-state index is 0.438. The molecule has 2 rings (SSSR count). The maximum Gasteiger partial charge on any atom is 0.151 e. The van der Waals surface area contributed by atoms with Gasteiger partial charge in [0.25, 0.3) is 0 Å². The van der Waals surface area contributed by atoms with Gasteiger partial charge in [0.2, 0.25) is 0 Å². The first kappa shape index (κ1) is 9.71. The van der Waals surface area contributed by atoms with E-state index in [2.05, 4.69) is 21.2 Å². The number of hydrogen-bond acceptors (Lipinski definition) is 3. The number of aromatic nitrogens is 2. The van der Waals surface area contributed by atoms with Crippen molar-refractivity contribution in [3.8, 4) is 0 Å². The lowest BCUT2D eigenvalue weighted by atomic mass is 10.2. The van der Waals surface area contributed by atoms with Crippen LogP contribution in [0.2, 0.25) is 0 Å². The van der Waals surface area contributed by atoms with Crippen molar-refractivity contribution in [2.24, 2.45) is 0 Å². The Hall–Kier alpha value is -0.830. The quantitative estimate of drug-likeness (QED) is 0.701. The van der Waals surface area contributed by atoms with E-state index in [9.17, 15) is 0 Å². The minimum Gasteiger partial charge on any atom is -0.351 e.